The smallest absolute Gasteiger partial charge is 0.244 e. The van der Waals surface area contributed by atoms with Gasteiger partial charge in [-0.3, -0.25) is 9.88 Å². The normalized spacial score (nSPS) is 23.9. The third-order valence-corrected chi connectivity index (χ3v) is 7.49. The zero-order valence-electron chi connectivity index (χ0n) is 14.4. The topological polar surface area (TPSA) is 53.5 Å². The zero-order chi connectivity index (χ0) is 17.4. The van der Waals surface area contributed by atoms with Gasteiger partial charge in [-0.25, -0.2) is 8.42 Å². The average molecular weight is 357 g/mol. The van der Waals surface area contributed by atoms with Crippen molar-refractivity contribution in [2.45, 2.75) is 36.2 Å². The van der Waals surface area contributed by atoms with E-state index in [0.29, 0.717) is 6.04 Å². The van der Waals surface area contributed by atoms with Crippen molar-refractivity contribution in [2.75, 3.05) is 20.1 Å². The highest BCUT2D eigenvalue weighted by atomic mass is 32.2. The maximum absolute atomic E-state index is 12.9. The van der Waals surface area contributed by atoms with Crippen molar-refractivity contribution in [3.05, 3.63) is 59.9 Å². The third-order valence-electron chi connectivity index (χ3n) is 5.59. The Morgan fingerprint density at radius 2 is 2.00 bits per heavy atom. The molecule has 3 heterocycles. The summed E-state index contributed by atoms with van der Waals surface area (Å²) in [5.41, 5.74) is 2.77. The highest BCUT2D eigenvalue weighted by Crippen LogP contribution is 2.38. The van der Waals surface area contributed by atoms with Crippen molar-refractivity contribution in [1.29, 1.82) is 0 Å². The molecule has 1 fully saturated rings. The van der Waals surface area contributed by atoms with Gasteiger partial charge in [-0.1, -0.05) is 24.3 Å². The molecular formula is C19H23N3O2S. The van der Waals surface area contributed by atoms with Gasteiger partial charge in [-0.15, -0.1) is 0 Å². The van der Waals surface area contributed by atoms with Gasteiger partial charge in [-0.2, -0.15) is 4.31 Å². The van der Waals surface area contributed by atoms with Gasteiger partial charge in [0.15, 0.2) is 0 Å². The first-order valence-corrected chi connectivity index (χ1v) is 10.2. The zero-order valence-corrected chi connectivity index (χ0v) is 15.2. The lowest BCUT2D eigenvalue weighted by Gasteiger charge is -2.45. The molecule has 0 bridgehead atoms. The van der Waals surface area contributed by atoms with Crippen molar-refractivity contribution in [3.8, 4) is 0 Å². The lowest BCUT2D eigenvalue weighted by atomic mass is 9.85. The molecule has 25 heavy (non-hydrogen) atoms. The Morgan fingerprint density at radius 3 is 2.80 bits per heavy atom. The molecule has 0 N–H and O–H groups in total. The Hall–Kier alpha value is -1.76. The summed E-state index contributed by atoms with van der Waals surface area (Å²) >= 11 is 0. The second kappa shape index (κ2) is 6.52. The van der Waals surface area contributed by atoms with E-state index >= 15 is 0 Å². The molecule has 2 aliphatic heterocycles. The van der Waals surface area contributed by atoms with Crippen LogP contribution in [0.25, 0.3) is 0 Å². The number of nitrogens with zero attached hydrogens (tertiary/aromatic N) is 3. The largest absolute Gasteiger partial charge is 0.296 e. The summed E-state index contributed by atoms with van der Waals surface area (Å²) in [5.74, 6) is 0. The summed E-state index contributed by atoms with van der Waals surface area (Å²) < 4.78 is 27.4. The summed E-state index contributed by atoms with van der Waals surface area (Å²) in [5, 5.41) is 0. The van der Waals surface area contributed by atoms with E-state index in [0.717, 1.165) is 32.4 Å². The van der Waals surface area contributed by atoms with E-state index in [9.17, 15) is 8.42 Å². The first kappa shape index (κ1) is 16.7. The van der Waals surface area contributed by atoms with Gasteiger partial charge >= 0.3 is 0 Å². The van der Waals surface area contributed by atoms with E-state index in [-0.39, 0.29) is 10.9 Å². The number of pyridine rings is 1. The van der Waals surface area contributed by atoms with Gasteiger partial charge in [0, 0.05) is 44.6 Å². The number of sulfonamides is 1. The van der Waals surface area contributed by atoms with Crippen LogP contribution in [0.15, 0.2) is 53.7 Å². The number of piperidine rings is 1. The molecule has 1 aromatic carbocycles. The first-order chi connectivity index (χ1) is 12.1. The molecule has 0 amide bonds. The summed E-state index contributed by atoms with van der Waals surface area (Å²) in [6.45, 7) is 2.00. The molecule has 132 valence electrons. The fourth-order valence-corrected chi connectivity index (χ4v) is 5.49. The molecule has 5 nitrogen and oxygen atoms in total. The average Bonchev–Trinajstić information content (AvgIpc) is 2.67. The molecule has 2 aromatic rings. The second-order valence-corrected chi connectivity index (χ2v) is 8.89. The lowest BCUT2D eigenvalue weighted by Crippen LogP contribution is -2.48. The number of rotatable bonds is 3. The van der Waals surface area contributed by atoms with Crippen LogP contribution >= 0.6 is 0 Å². The van der Waals surface area contributed by atoms with Crippen LogP contribution < -0.4 is 0 Å². The van der Waals surface area contributed by atoms with Gasteiger partial charge in [0.2, 0.25) is 10.0 Å². The molecule has 1 saturated heterocycles. The fraction of sp³-hybridized carbons (Fsp3) is 0.421. The van der Waals surface area contributed by atoms with Crippen LogP contribution in [-0.2, 0) is 16.4 Å². The highest BCUT2D eigenvalue weighted by Gasteiger charge is 2.38. The van der Waals surface area contributed by atoms with E-state index in [2.05, 4.69) is 34.1 Å². The minimum absolute atomic E-state index is 0.0117. The van der Waals surface area contributed by atoms with Crippen LogP contribution in [0, 0.1) is 0 Å². The minimum atomic E-state index is -3.50. The Morgan fingerprint density at radius 1 is 1.16 bits per heavy atom. The predicted molar refractivity (Wildman–Crippen MR) is 96.7 cm³/mol. The van der Waals surface area contributed by atoms with E-state index in [1.54, 1.807) is 29.7 Å². The maximum atomic E-state index is 12.9. The molecule has 2 atom stereocenters. The van der Waals surface area contributed by atoms with Crippen molar-refractivity contribution in [1.82, 2.24) is 14.2 Å². The van der Waals surface area contributed by atoms with Gasteiger partial charge < -0.3 is 0 Å². The number of benzene rings is 1. The van der Waals surface area contributed by atoms with E-state index in [1.165, 1.54) is 17.3 Å². The molecule has 0 unspecified atom stereocenters. The molecule has 0 saturated carbocycles. The first-order valence-electron chi connectivity index (χ1n) is 8.77. The summed E-state index contributed by atoms with van der Waals surface area (Å²) in [6, 6.07) is 12.2. The van der Waals surface area contributed by atoms with Crippen LogP contribution in [0.2, 0.25) is 0 Å². The number of fused-ring (bicyclic) bond motifs is 3. The van der Waals surface area contributed by atoms with Gasteiger partial charge in [0.05, 0.1) is 0 Å². The minimum Gasteiger partial charge on any atom is -0.296 e. The predicted octanol–water partition coefficient (Wildman–Crippen LogP) is 2.46. The highest BCUT2D eigenvalue weighted by molar-refractivity contribution is 7.89. The SMILES string of the molecule is CN([C@@H]1CCN2CCc3ccccc3[C@@H]2C1)S(=O)(=O)c1cccnc1. The van der Waals surface area contributed by atoms with E-state index < -0.39 is 10.0 Å². The summed E-state index contributed by atoms with van der Waals surface area (Å²) in [4.78, 5) is 6.73. The summed E-state index contributed by atoms with van der Waals surface area (Å²) in [7, 11) is -1.80. The fourth-order valence-electron chi connectivity index (χ4n) is 4.13. The third kappa shape index (κ3) is 2.99. The molecular weight excluding hydrogens is 334 g/mol. The molecule has 1 aromatic heterocycles. The van der Waals surface area contributed by atoms with Crippen LogP contribution in [0.3, 0.4) is 0 Å². The molecule has 0 radical (unpaired) electrons. The van der Waals surface area contributed by atoms with Crippen molar-refractivity contribution < 1.29 is 8.42 Å². The van der Waals surface area contributed by atoms with Crippen LogP contribution in [0.1, 0.15) is 30.0 Å². The molecule has 0 aliphatic carbocycles. The Kier molecular flexibility index (Phi) is 4.35. The van der Waals surface area contributed by atoms with Crippen molar-refractivity contribution in [3.63, 3.8) is 0 Å². The van der Waals surface area contributed by atoms with Crippen molar-refractivity contribution >= 4 is 10.0 Å². The molecule has 2 aliphatic rings. The summed E-state index contributed by atoms with van der Waals surface area (Å²) in [6.07, 6.45) is 5.82. The van der Waals surface area contributed by atoms with Crippen LogP contribution in [-0.4, -0.2) is 48.8 Å². The number of hydrogen-bond donors (Lipinski definition) is 0. The number of aromatic nitrogens is 1. The second-order valence-electron chi connectivity index (χ2n) is 6.89. The Labute approximate surface area is 149 Å². The quantitative estimate of drug-likeness (QED) is 0.847. The van der Waals surface area contributed by atoms with Crippen LogP contribution in [0.5, 0.6) is 0 Å². The maximum Gasteiger partial charge on any atom is 0.244 e. The van der Waals surface area contributed by atoms with E-state index in [4.69, 9.17) is 0 Å². The van der Waals surface area contributed by atoms with Crippen LogP contribution in [0.4, 0.5) is 0 Å². The number of hydrogen-bond acceptors (Lipinski definition) is 4. The molecule has 6 heteroatoms. The van der Waals surface area contributed by atoms with Gasteiger partial charge in [-0.05, 0) is 42.5 Å². The van der Waals surface area contributed by atoms with Gasteiger partial charge in [0.25, 0.3) is 0 Å². The Bertz CT molecular complexity index is 854. The standard InChI is InChI=1S/C19H23N3O2S/c1-21(25(23,24)17-6-4-10-20-14-17)16-9-12-22-11-8-15-5-2-3-7-18(15)19(22)13-16/h2-7,10,14,16,19H,8-9,11-13H2,1H3/t16-,19+/m1/s1. The van der Waals surface area contributed by atoms with Gasteiger partial charge in [0.1, 0.15) is 4.90 Å². The molecule has 4 rings (SSSR count). The molecule has 0 spiro atoms. The van der Waals surface area contributed by atoms with E-state index in [1.807, 2.05) is 0 Å². The monoisotopic (exact) mass is 357 g/mol. The lowest BCUT2D eigenvalue weighted by molar-refractivity contribution is 0.0969. The van der Waals surface area contributed by atoms with Crippen molar-refractivity contribution in [2.24, 2.45) is 0 Å². The Balaban J connectivity index is 1.59.